The van der Waals surface area contributed by atoms with Crippen LogP contribution in [0.5, 0.6) is 17.2 Å². The fourth-order valence-electron chi connectivity index (χ4n) is 3.81. The third-order valence-corrected chi connectivity index (χ3v) is 6.08. The minimum Gasteiger partial charge on any atom is -0.493 e. The van der Waals surface area contributed by atoms with E-state index in [1.807, 2.05) is 16.8 Å². The summed E-state index contributed by atoms with van der Waals surface area (Å²) in [5.41, 5.74) is 0.807. The van der Waals surface area contributed by atoms with E-state index in [4.69, 9.17) is 14.2 Å². The van der Waals surface area contributed by atoms with Gasteiger partial charge in [0.15, 0.2) is 17.3 Å². The topological polar surface area (TPSA) is 77.8 Å². The molecule has 0 bridgehead atoms. The van der Waals surface area contributed by atoms with Gasteiger partial charge in [-0.05, 0) is 55.4 Å². The molecule has 2 aromatic rings. The molecular weight excluding hydrogens is 384 g/mol. The van der Waals surface area contributed by atoms with Gasteiger partial charge in [0.1, 0.15) is 0 Å². The minimum atomic E-state index is -0.204. The van der Waals surface area contributed by atoms with E-state index in [1.54, 1.807) is 21.3 Å². The first kappa shape index (κ1) is 22.3. The van der Waals surface area contributed by atoms with Gasteiger partial charge in [-0.3, -0.25) is 4.90 Å². The predicted octanol–water partition coefficient (Wildman–Crippen LogP) is 2.18. The van der Waals surface area contributed by atoms with Crippen molar-refractivity contribution in [3.05, 3.63) is 23.5 Å². The maximum atomic E-state index is 5.62. The molecule has 9 heteroatoms. The average Bonchev–Trinajstić information content (AvgIpc) is 3.24. The quantitative estimate of drug-likeness (QED) is 0.646. The maximum absolute atomic E-state index is 5.62. The molecule has 0 N–H and O–H groups in total. The van der Waals surface area contributed by atoms with Crippen molar-refractivity contribution in [1.29, 1.82) is 0 Å². The molecule has 1 aliphatic rings. The third-order valence-electron chi connectivity index (χ3n) is 6.08. The molecule has 1 aliphatic heterocycles. The summed E-state index contributed by atoms with van der Waals surface area (Å²) in [5.74, 6) is 2.65. The lowest BCUT2D eigenvalue weighted by Gasteiger charge is -2.38. The summed E-state index contributed by atoms with van der Waals surface area (Å²) in [6.07, 6.45) is 0.912. The summed E-state index contributed by atoms with van der Waals surface area (Å²) in [4.78, 5) is 4.76. The molecule has 1 saturated heterocycles. The highest BCUT2D eigenvalue weighted by Crippen LogP contribution is 2.42. The predicted molar refractivity (Wildman–Crippen MR) is 114 cm³/mol. The maximum Gasteiger partial charge on any atom is 0.203 e. The first-order valence-electron chi connectivity index (χ1n) is 10.4. The normalized spacial score (nSPS) is 17.0. The number of hydrogen-bond acceptors (Lipinski definition) is 8. The summed E-state index contributed by atoms with van der Waals surface area (Å²) in [6.45, 7) is 10.3. The molecule has 30 heavy (non-hydrogen) atoms. The van der Waals surface area contributed by atoms with Crippen molar-refractivity contribution in [2.45, 2.75) is 38.8 Å². The Kier molecular flexibility index (Phi) is 6.82. The highest BCUT2D eigenvalue weighted by molar-refractivity contribution is 5.55. The summed E-state index contributed by atoms with van der Waals surface area (Å²) in [5, 5.41) is 12.9. The Morgan fingerprint density at radius 2 is 1.60 bits per heavy atom. The van der Waals surface area contributed by atoms with Crippen LogP contribution in [-0.4, -0.2) is 84.6 Å². The Labute approximate surface area is 178 Å². The summed E-state index contributed by atoms with van der Waals surface area (Å²) >= 11 is 0. The Hall–Kier alpha value is -2.39. The van der Waals surface area contributed by atoms with Gasteiger partial charge in [-0.2, -0.15) is 0 Å². The fourth-order valence-corrected chi connectivity index (χ4v) is 3.81. The molecule has 0 radical (unpaired) electrons. The second kappa shape index (κ2) is 9.18. The van der Waals surface area contributed by atoms with Gasteiger partial charge >= 0.3 is 0 Å². The molecule has 0 saturated carbocycles. The number of likely N-dealkylation sites (N-methyl/N-ethyl adjacent to an activating group) is 1. The molecule has 1 atom stereocenters. The zero-order valence-electron chi connectivity index (χ0n) is 19.2. The molecular formula is C21H34N6O3. The zero-order valence-corrected chi connectivity index (χ0v) is 19.2. The van der Waals surface area contributed by atoms with Gasteiger partial charge in [0.25, 0.3) is 0 Å². The van der Waals surface area contributed by atoms with Crippen LogP contribution in [0.3, 0.4) is 0 Å². The Morgan fingerprint density at radius 1 is 1.00 bits per heavy atom. The molecule has 9 nitrogen and oxygen atoms in total. The Bertz CT molecular complexity index is 820. The van der Waals surface area contributed by atoms with E-state index in [1.165, 1.54) is 0 Å². The van der Waals surface area contributed by atoms with Gasteiger partial charge in [0.2, 0.25) is 5.75 Å². The van der Waals surface area contributed by atoms with Gasteiger partial charge in [0.05, 0.1) is 32.9 Å². The number of piperazine rings is 1. The third kappa shape index (κ3) is 4.22. The van der Waals surface area contributed by atoms with Crippen LogP contribution in [0, 0.1) is 0 Å². The lowest BCUT2D eigenvalue weighted by molar-refractivity contribution is 0.117. The van der Waals surface area contributed by atoms with Crippen molar-refractivity contribution in [1.82, 2.24) is 30.0 Å². The number of methoxy groups -OCH3 is 3. The second-order valence-electron chi connectivity index (χ2n) is 8.32. The van der Waals surface area contributed by atoms with E-state index in [0.717, 1.165) is 44.0 Å². The molecule has 1 unspecified atom stereocenters. The summed E-state index contributed by atoms with van der Waals surface area (Å²) in [7, 11) is 7.03. The number of rotatable bonds is 8. The van der Waals surface area contributed by atoms with Crippen LogP contribution < -0.4 is 14.2 Å². The van der Waals surface area contributed by atoms with Crippen LogP contribution in [0.2, 0.25) is 0 Å². The molecule has 166 valence electrons. The van der Waals surface area contributed by atoms with Crippen molar-refractivity contribution in [2.75, 3.05) is 54.6 Å². The standard InChI is InChI=1S/C21H34N6O3/c1-8-21(2,3)27-20(22-23-24-27)18(26-11-9-25(4)10-12-26)15-13-16(28-5)19(30-7)17(14-15)29-6/h13-14,18H,8-12H2,1-7H3. The number of tetrazole rings is 1. The lowest BCUT2D eigenvalue weighted by atomic mass is 9.98. The smallest absolute Gasteiger partial charge is 0.203 e. The van der Waals surface area contributed by atoms with Crippen molar-refractivity contribution in [3.8, 4) is 17.2 Å². The summed E-state index contributed by atoms with van der Waals surface area (Å²) < 4.78 is 18.7. The van der Waals surface area contributed by atoms with Gasteiger partial charge in [0, 0.05) is 26.2 Å². The molecule has 2 heterocycles. The number of nitrogens with zero attached hydrogens (tertiary/aromatic N) is 6. The SMILES string of the molecule is CCC(C)(C)n1nnnc1C(c1cc(OC)c(OC)c(OC)c1)N1CCN(C)CC1. The van der Waals surface area contributed by atoms with Gasteiger partial charge in [-0.15, -0.1) is 5.10 Å². The van der Waals surface area contributed by atoms with Crippen LogP contribution in [0.1, 0.15) is 44.6 Å². The lowest BCUT2D eigenvalue weighted by Crippen LogP contribution is -2.47. The first-order chi connectivity index (χ1) is 14.4. The first-order valence-corrected chi connectivity index (χ1v) is 10.4. The van der Waals surface area contributed by atoms with Crippen LogP contribution in [0.15, 0.2) is 12.1 Å². The van der Waals surface area contributed by atoms with E-state index in [9.17, 15) is 0 Å². The Balaban J connectivity index is 2.16. The molecule has 0 spiro atoms. The van der Waals surface area contributed by atoms with Crippen LogP contribution >= 0.6 is 0 Å². The highest BCUT2D eigenvalue weighted by Gasteiger charge is 2.34. The average molecular weight is 419 g/mol. The van der Waals surface area contributed by atoms with Gasteiger partial charge in [-0.1, -0.05) is 6.92 Å². The van der Waals surface area contributed by atoms with E-state index < -0.39 is 0 Å². The molecule has 3 rings (SSSR count). The van der Waals surface area contributed by atoms with Crippen molar-refractivity contribution in [2.24, 2.45) is 0 Å². The van der Waals surface area contributed by atoms with E-state index in [-0.39, 0.29) is 11.6 Å². The number of hydrogen-bond donors (Lipinski definition) is 0. The molecule has 1 aromatic heterocycles. The number of benzene rings is 1. The van der Waals surface area contributed by atoms with Crippen LogP contribution in [-0.2, 0) is 5.54 Å². The minimum absolute atomic E-state index is 0.131. The largest absolute Gasteiger partial charge is 0.493 e. The van der Waals surface area contributed by atoms with Crippen molar-refractivity contribution >= 4 is 0 Å². The monoisotopic (exact) mass is 418 g/mol. The highest BCUT2D eigenvalue weighted by atomic mass is 16.5. The van der Waals surface area contributed by atoms with Crippen LogP contribution in [0.25, 0.3) is 0 Å². The fraction of sp³-hybridized carbons (Fsp3) is 0.667. The van der Waals surface area contributed by atoms with E-state index >= 15 is 0 Å². The Morgan fingerprint density at radius 3 is 2.10 bits per heavy atom. The molecule has 1 aromatic carbocycles. The van der Waals surface area contributed by atoms with Crippen molar-refractivity contribution in [3.63, 3.8) is 0 Å². The number of ether oxygens (including phenoxy) is 3. The summed E-state index contributed by atoms with van der Waals surface area (Å²) in [6, 6.07) is 3.87. The molecule has 0 aliphatic carbocycles. The van der Waals surface area contributed by atoms with Gasteiger partial charge in [-0.25, -0.2) is 4.68 Å². The van der Waals surface area contributed by atoms with Crippen molar-refractivity contribution < 1.29 is 14.2 Å². The van der Waals surface area contributed by atoms with E-state index in [0.29, 0.717) is 17.2 Å². The second-order valence-corrected chi connectivity index (χ2v) is 8.32. The number of aromatic nitrogens is 4. The molecule has 0 amide bonds. The molecule has 1 fully saturated rings. The zero-order chi connectivity index (χ0) is 21.9. The van der Waals surface area contributed by atoms with E-state index in [2.05, 4.69) is 53.1 Å². The van der Waals surface area contributed by atoms with Gasteiger partial charge < -0.3 is 19.1 Å². The van der Waals surface area contributed by atoms with Crippen LogP contribution in [0.4, 0.5) is 0 Å².